The van der Waals surface area contributed by atoms with E-state index in [0.29, 0.717) is 38.6 Å². The van der Waals surface area contributed by atoms with Gasteiger partial charge in [-0.1, -0.05) is 59.3 Å². The molecule has 1 aliphatic rings. The van der Waals surface area contributed by atoms with Crippen molar-refractivity contribution in [1.82, 2.24) is 20.0 Å². The van der Waals surface area contributed by atoms with E-state index in [1.165, 1.54) is 30.5 Å². The van der Waals surface area contributed by atoms with Gasteiger partial charge >= 0.3 is 0 Å². The van der Waals surface area contributed by atoms with E-state index in [-0.39, 0.29) is 18.0 Å². The van der Waals surface area contributed by atoms with Crippen molar-refractivity contribution in [2.24, 2.45) is 0 Å². The molecule has 0 saturated heterocycles. The number of halogens is 2. The number of rotatable bonds is 9. The third kappa shape index (κ3) is 5.54. The Labute approximate surface area is 242 Å². The molecule has 5 aromatic rings. The van der Waals surface area contributed by atoms with Gasteiger partial charge in [-0.05, 0) is 48.2 Å². The van der Waals surface area contributed by atoms with Crippen molar-refractivity contribution in [3.05, 3.63) is 112 Å². The molecule has 1 saturated carbocycles. The van der Waals surface area contributed by atoms with Gasteiger partial charge in [0.25, 0.3) is 0 Å². The maximum absolute atomic E-state index is 13.9. The summed E-state index contributed by atoms with van der Waals surface area (Å²) in [6.07, 6.45) is 5.33. The Bertz CT molecular complexity index is 1840. The minimum Gasteiger partial charge on any atom is -0.376 e. The van der Waals surface area contributed by atoms with Crippen molar-refractivity contribution in [2.45, 2.75) is 37.4 Å². The molecule has 3 aromatic carbocycles. The quantitative estimate of drug-likeness (QED) is 0.196. The number of nitriles is 2. The fourth-order valence-corrected chi connectivity index (χ4v) is 5.00. The van der Waals surface area contributed by atoms with Crippen molar-refractivity contribution in [3.63, 3.8) is 0 Å². The van der Waals surface area contributed by atoms with Gasteiger partial charge in [0.05, 0.1) is 59.9 Å². The molecule has 0 amide bonds. The van der Waals surface area contributed by atoms with Gasteiger partial charge in [-0.15, -0.1) is 5.10 Å². The first-order chi connectivity index (χ1) is 20.4. The number of aromatic nitrogens is 4. The van der Waals surface area contributed by atoms with E-state index in [1.54, 1.807) is 23.0 Å². The Balaban J connectivity index is 1.46. The monoisotopic (exact) mass is 563 g/mol. The van der Waals surface area contributed by atoms with Crippen molar-refractivity contribution in [3.8, 4) is 12.1 Å². The highest BCUT2D eigenvalue weighted by molar-refractivity contribution is 6.35. The highest BCUT2D eigenvalue weighted by Crippen LogP contribution is 2.38. The summed E-state index contributed by atoms with van der Waals surface area (Å²) in [5.41, 5.74) is 3.30. The highest BCUT2D eigenvalue weighted by Gasteiger charge is 2.27. The molecule has 0 aliphatic heterocycles. The van der Waals surface area contributed by atoms with Gasteiger partial charge in [-0.25, -0.2) is 9.07 Å². The molecule has 0 bridgehead atoms. The summed E-state index contributed by atoms with van der Waals surface area (Å²) in [6, 6.07) is 21.1. The minimum absolute atomic E-state index is 0.154. The average molecular weight is 564 g/mol. The molecule has 2 unspecified atom stereocenters. The molecule has 2 heterocycles. The number of pyridine rings is 1. The van der Waals surface area contributed by atoms with E-state index in [2.05, 4.69) is 38.1 Å². The topological polar surface area (TPSA) is 115 Å². The summed E-state index contributed by atoms with van der Waals surface area (Å²) in [7, 11) is 0. The maximum Gasteiger partial charge on any atom is 0.123 e. The molecule has 0 spiro atoms. The summed E-state index contributed by atoms with van der Waals surface area (Å²) in [4.78, 5) is 4.43. The number of hydrogen-bond donors (Lipinski definition) is 2. The number of hydrogen-bond acceptors (Lipinski definition) is 7. The second kappa shape index (κ2) is 11.2. The minimum atomic E-state index is -1.65. The van der Waals surface area contributed by atoms with Crippen LogP contribution in [0.15, 0.2) is 79.1 Å². The van der Waals surface area contributed by atoms with Crippen LogP contribution in [0.2, 0.25) is 5.02 Å². The zero-order chi connectivity index (χ0) is 29.3. The molecule has 2 aromatic heterocycles. The Morgan fingerprint density at radius 1 is 1.07 bits per heavy atom. The Hall–Kier alpha value is -4.99. The molecule has 8 nitrogen and oxygen atoms in total. The van der Waals surface area contributed by atoms with E-state index < -0.39 is 17.9 Å². The number of anilines is 2. The first-order valence-corrected chi connectivity index (χ1v) is 13.4. The second-order valence-corrected chi connectivity index (χ2v) is 10.2. The summed E-state index contributed by atoms with van der Waals surface area (Å²) < 4.78 is 25.2. The molecule has 6 rings (SSSR count). The fourth-order valence-electron chi connectivity index (χ4n) is 4.73. The Morgan fingerprint density at radius 3 is 2.56 bits per heavy atom. The zero-order valence-electron chi connectivity index (χ0n) is 22.7. The van der Waals surface area contributed by atoms with E-state index in [0.717, 1.165) is 18.4 Å². The molecule has 1 aliphatic carbocycles. The molecule has 1 fully saturated rings. The van der Waals surface area contributed by atoms with Crippen molar-refractivity contribution < 1.29 is 5.76 Å². The normalized spacial score (nSPS) is 15.3. The largest absolute Gasteiger partial charge is 0.376 e. The van der Waals surface area contributed by atoms with E-state index >= 15 is 0 Å². The van der Waals surface area contributed by atoms with Crippen LogP contribution in [-0.2, 0) is 0 Å². The van der Waals surface area contributed by atoms with Gasteiger partial charge in [0.15, 0.2) is 0 Å². The van der Waals surface area contributed by atoms with Crippen molar-refractivity contribution >= 4 is 33.9 Å². The molecular weight excluding hydrogens is 539 g/mol. The number of nitrogens with zero attached hydrogens (tertiary/aromatic N) is 6. The predicted octanol–water partition coefficient (Wildman–Crippen LogP) is 7.09. The van der Waals surface area contributed by atoms with Crippen LogP contribution in [0.1, 0.15) is 61.1 Å². The van der Waals surface area contributed by atoms with E-state index in [1.807, 2.05) is 30.3 Å². The van der Waals surface area contributed by atoms with Gasteiger partial charge in [-0.3, -0.25) is 4.98 Å². The van der Waals surface area contributed by atoms with Crippen molar-refractivity contribution in [1.29, 1.82) is 10.5 Å². The van der Waals surface area contributed by atoms with Crippen LogP contribution in [0, 0.1) is 28.5 Å². The third-order valence-electron chi connectivity index (χ3n) is 6.95. The van der Waals surface area contributed by atoms with E-state index in [9.17, 15) is 16.3 Å². The molecule has 10 heteroatoms. The van der Waals surface area contributed by atoms with Crippen LogP contribution >= 0.6 is 11.6 Å². The lowest BCUT2D eigenvalue weighted by Crippen LogP contribution is -2.14. The van der Waals surface area contributed by atoms with Crippen LogP contribution in [0.3, 0.4) is 0 Å². The van der Waals surface area contributed by atoms with Crippen LogP contribution < -0.4 is 10.6 Å². The Kier molecular flexibility index (Phi) is 6.86. The predicted molar refractivity (Wildman–Crippen MR) is 155 cm³/mol. The van der Waals surface area contributed by atoms with Crippen LogP contribution in [-0.4, -0.2) is 20.0 Å². The van der Waals surface area contributed by atoms with Crippen molar-refractivity contribution in [2.75, 3.05) is 10.6 Å². The Morgan fingerprint density at radius 2 is 1.85 bits per heavy atom. The lowest BCUT2D eigenvalue weighted by molar-refractivity contribution is 0.610. The summed E-state index contributed by atoms with van der Waals surface area (Å²) in [5, 5.41) is 35.5. The second-order valence-electron chi connectivity index (χ2n) is 9.80. The van der Waals surface area contributed by atoms with Gasteiger partial charge in [0.1, 0.15) is 17.6 Å². The number of nitrogens with one attached hydrogen (secondary N) is 2. The summed E-state index contributed by atoms with van der Waals surface area (Å²) in [6.45, 7) is 0. The lowest BCUT2D eigenvalue weighted by atomic mass is 10.0. The van der Waals surface area contributed by atoms with Crippen LogP contribution in [0.4, 0.5) is 15.8 Å². The maximum atomic E-state index is 13.9. The van der Waals surface area contributed by atoms with Gasteiger partial charge < -0.3 is 10.6 Å². The summed E-state index contributed by atoms with van der Waals surface area (Å²) in [5.74, 6) is -0.423. The fraction of sp³-hybridized carbons (Fsp3) is 0.194. The molecule has 0 radical (unpaired) electrons. The molecule has 41 heavy (non-hydrogen) atoms. The lowest BCUT2D eigenvalue weighted by Gasteiger charge is -2.22. The molecule has 2 atom stereocenters. The van der Waals surface area contributed by atoms with Gasteiger partial charge in [0, 0.05) is 17.3 Å². The smallest absolute Gasteiger partial charge is 0.123 e. The zero-order valence-corrected chi connectivity index (χ0v) is 22.5. The van der Waals surface area contributed by atoms with Gasteiger partial charge in [-0.2, -0.15) is 10.5 Å². The first kappa shape index (κ1) is 25.0. The standard InChI is InChI=1S/C31H24ClFN8/c32-26-15-23(37-30(20-6-8-22(33)9-7-20)28-18-41(40-39-28)24-10-11-24)14-25-29(21(16-35)17-36-31(25)26)38-27(12-13-34)19-4-2-1-3-5-19/h1-9,14-15,17-18,24,27,30,37H,10-12H2,(H,36,38)/i30D. The number of benzene rings is 3. The molecule has 202 valence electrons. The average Bonchev–Trinajstić information content (AvgIpc) is 3.73. The highest BCUT2D eigenvalue weighted by atomic mass is 35.5. The van der Waals surface area contributed by atoms with E-state index in [4.69, 9.17) is 11.6 Å². The SMILES string of the molecule is [2H]C(Nc1cc(Cl)c2ncc(C#N)c(NC(CC#N)c3ccccc3)c2c1)(c1ccc(F)cc1)c1cn(C2CC2)nn1. The number of fused-ring (bicyclic) bond motifs is 1. The van der Waals surface area contributed by atoms with Gasteiger partial charge in [0.2, 0.25) is 0 Å². The summed E-state index contributed by atoms with van der Waals surface area (Å²) >= 11 is 6.73. The molecule has 2 N–H and O–H groups in total. The molecular formula is C31H24ClFN8. The van der Waals surface area contributed by atoms with Crippen LogP contribution in [0.5, 0.6) is 0 Å². The van der Waals surface area contributed by atoms with Crippen LogP contribution in [0.25, 0.3) is 10.9 Å². The first-order valence-electron chi connectivity index (χ1n) is 13.6. The third-order valence-corrected chi connectivity index (χ3v) is 7.24.